The summed E-state index contributed by atoms with van der Waals surface area (Å²) in [6.45, 7) is 0. The van der Waals surface area contributed by atoms with Gasteiger partial charge in [-0.1, -0.05) is 60.7 Å². The Labute approximate surface area is 123 Å². The van der Waals surface area contributed by atoms with E-state index in [1.807, 2.05) is 36.4 Å². The van der Waals surface area contributed by atoms with Crippen molar-refractivity contribution >= 4 is 23.2 Å². The van der Waals surface area contributed by atoms with Crippen molar-refractivity contribution in [2.45, 2.75) is 18.2 Å². The fourth-order valence-corrected chi connectivity index (χ4v) is 2.24. The maximum Gasteiger partial charge on any atom is 0.164 e. The van der Waals surface area contributed by atoms with Crippen molar-refractivity contribution in [3.63, 3.8) is 0 Å². The molecule has 0 radical (unpaired) electrons. The molecule has 2 aromatic rings. The maximum absolute atomic E-state index is 12.0. The minimum absolute atomic E-state index is 0.0357. The second kappa shape index (κ2) is 7.01. The van der Waals surface area contributed by atoms with E-state index in [1.165, 1.54) is 0 Å². The average molecular weight is 287 g/mol. The zero-order valence-electron chi connectivity index (χ0n) is 11.0. The molecule has 0 spiro atoms. The highest BCUT2D eigenvalue weighted by Crippen LogP contribution is 2.15. The molecule has 0 aliphatic carbocycles. The highest BCUT2D eigenvalue weighted by molar-refractivity contribution is 6.24. The van der Waals surface area contributed by atoms with Gasteiger partial charge >= 0.3 is 0 Å². The largest absolute Gasteiger partial charge is 0.294 e. The van der Waals surface area contributed by atoms with E-state index in [4.69, 9.17) is 11.6 Å². The first kappa shape index (κ1) is 14.5. The van der Waals surface area contributed by atoms with Crippen LogP contribution in [0.1, 0.15) is 33.6 Å². The Bertz CT molecular complexity index is 525. The molecule has 20 heavy (non-hydrogen) atoms. The van der Waals surface area contributed by atoms with E-state index < -0.39 is 5.38 Å². The first-order valence-corrected chi connectivity index (χ1v) is 6.91. The number of carbonyl (C=O) groups is 2. The van der Waals surface area contributed by atoms with Crippen molar-refractivity contribution in [2.24, 2.45) is 0 Å². The average Bonchev–Trinajstić information content (AvgIpc) is 2.49. The third kappa shape index (κ3) is 4.04. The highest BCUT2D eigenvalue weighted by atomic mass is 35.5. The number of carbonyl (C=O) groups excluding carboxylic acids is 2. The third-order valence-electron chi connectivity index (χ3n) is 3.01. The molecule has 0 saturated carbocycles. The first-order chi connectivity index (χ1) is 9.66. The van der Waals surface area contributed by atoms with Crippen LogP contribution in [0.3, 0.4) is 0 Å². The van der Waals surface area contributed by atoms with Gasteiger partial charge in [0.05, 0.1) is 0 Å². The van der Waals surface area contributed by atoms with Gasteiger partial charge < -0.3 is 0 Å². The molecule has 0 N–H and O–H groups in total. The Morgan fingerprint density at radius 1 is 0.750 bits per heavy atom. The number of Topliss-reactive ketones (excluding diaryl/α,β-unsaturated/α-hetero) is 2. The summed E-state index contributed by atoms with van der Waals surface area (Å²) >= 11 is 6.13. The molecule has 102 valence electrons. The van der Waals surface area contributed by atoms with Gasteiger partial charge in [-0.2, -0.15) is 0 Å². The SMILES string of the molecule is O=C(CC(Cl)CC(=O)c1ccccc1)c1ccccc1. The fraction of sp³-hybridized carbons (Fsp3) is 0.176. The number of benzene rings is 2. The van der Waals surface area contributed by atoms with E-state index in [1.54, 1.807) is 24.3 Å². The lowest BCUT2D eigenvalue weighted by Crippen LogP contribution is -2.13. The van der Waals surface area contributed by atoms with Crippen molar-refractivity contribution in [3.8, 4) is 0 Å². The topological polar surface area (TPSA) is 34.1 Å². The Morgan fingerprint density at radius 2 is 1.10 bits per heavy atom. The molecule has 0 fully saturated rings. The van der Waals surface area contributed by atoms with E-state index in [9.17, 15) is 9.59 Å². The molecular formula is C17H15ClO2. The number of ketones is 2. The first-order valence-electron chi connectivity index (χ1n) is 6.47. The number of hydrogen-bond donors (Lipinski definition) is 0. The molecule has 0 unspecified atom stereocenters. The number of alkyl halides is 1. The zero-order chi connectivity index (χ0) is 14.4. The molecule has 0 aliphatic rings. The van der Waals surface area contributed by atoms with E-state index in [-0.39, 0.29) is 24.4 Å². The standard InChI is InChI=1S/C17H15ClO2/c18-15(11-16(19)13-7-3-1-4-8-13)12-17(20)14-9-5-2-6-10-14/h1-10,15H,11-12H2. The van der Waals surface area contributed by atoms with Crippen LogP contribution in [-0.4, -0.2) is 16.9 Å². The van der Waals surface area contributed by atoms with Gasteiger partial charge in [0.15, 0.2) is 11.6 Å². The van der Waals surface area contributed by atoms with Crippen LogP contribution in [0.15, 0.2) is 60.7 Å². The van der Waals surface area contributed by atoms with Gasteiger partial charge in [0.2, 0.25) is 0 Å². The third-order valence-corrected chi connectivity index (χ3v) is 3.31. The summed E-state index contributed by atoms with van der Waals surface area (Å²) in [4.78, 5) is 24.0. The molecule has 0 atom stereocenters. The van der Waals surface area contributed by atoms with Gasteiger partial charge in [0, 0.05) is 29.3 Å². The van der Waals surface area contributed by atoms with Crippen molar-refractivity contribution in [1.82, 2.24) is 0 Å². The molecule has 0 saturated heterocycles. The predicted octanol–water partition coefficient (Wildman–Crippen LogP) is 4.14. The van der Waals surface area contributed by atoms with Crippen LogP contribution in [0.5, 0.6) is 0 Å². The lowest BCUT2D eigenvalue weighted by Gasteiger charge is -2.08. The summed E-state index contributed by atoms with van der Waals surface area (Å²) in [5.74, 6) is -0.0714. The van der Waals surface area contributed by atoms with Crippen LogP contribution in [0.25, 0.3) is 0 Å². The lowest BCUT2D eigenvalue weighted by atomic mass is 10.0. The summed E-state index contributed by atoms with van der Waals surface area (Å²) in [6, 6.07) is 18.0. The molecule has 0 aliphatic heterocycles. The van der Waals surface area contributed by atoms with Crippen molar-refractivity contribution < 1.29 is 9.59 Å². The van der Waals surface area contributed by atoms with Crippen LogP contribution in [0.2, 0.25) is 0 Å². The summed E-state index contributed by atoms with van der Waals surface area (Å²) in [6.07, 6.45) is 0.342. The fourth-order valence-electron chi connectivity index (χ4n) is 1.96. The predicted molar refractivity (Wildman–Crippen MR) is 80.4 cm³/mol. The summed E-state index contributed by atoms with van der Waals surface area (Å²) in [7, 11) is 0. The summed E-state index contributed by atoms with van der Waals surface area (Å²) in [5.41, 5.74) is 1.26. The minimum Gasteiger partial charge on any atom is -0.294 e. The molecule has 2 nitrogen and oxygen atoms in total. The number of hydrogen-bond acceptors (Lipinski definition) is 2. The Morgan fingerprint density at radius 3 is 1.45 bits per heavy atom. The molecule has 0 bridgehead atoms. The van der Waals surface area contributed by atoms with Gasteiger partial charge in [-0.25, -0.2) is 0 Å². The van der Waals surface area contributed by atoms with Gasteiger partial charge in [0.25, 0.3) is 0 Å². The van der Waals surface area contributed by atoms with Crippen molar-refractivity contribution in [2.75, 3.05) is 0 Å². The van der Waals surface area contributed by atoms with Gasteiger partial charge in [-0.15, -0.1) is 11.6 Å². The molecule has 0 aromatic heterocycles. The van der Waals surface area contributed by atoms with Crippen LogP contribution in [0.4, 0.5) is 0 Å². The highest BCUT2D eigenvalue weighted by Gasteiger charge is 2.17. The van der Waals surface area contributed by atoms with Crippen LogP contribution in [0, 0.1) is 0 Å². The Hall–Kier alpha value is -1.93. The van der Waals surface area contributed by atoms with Gasteiger partial charge in [-0.05, 0) is 0 Å². The molecule has 0 amide bonds. The van der Waals surface area contributed by atoms with E-state index in [0.29, 0.717) is 11.1 Å². The van der Waals surface area contributed by atoms with Crippen molar-refractivity contribution in [1.29, 1.82) is 0 Å². The molecule has 2 aromatic carbocycles. The second-order valence-corrected chi connectivity index (χ2v) is 5.20. The second-order valence-electron chi connectivity index (χ2n) is 4.58. The smallest absolute Gasteiger partial charge is 0.164 e. The van der Waals surface area contributed by atoms with Crippen LogP contribution in [-0.2, 0) is 0 Å². The van der Waals surface area contributed by atoms with Crippen LogP contribution < -0.4 is 0 Å². The minimum atomic E-state index is -0.476. The number of rotatable bonds is 6. The number of halogens is 1. The monoisotopic (exact) mass is 286 g/mol. The zero-order valence-corrected chi connectivity index (χ0v) is 11.7. The van der Waals surface area contributed by atoms with E-state index >= 15 is 0 Å². The summed E-state index contributed by atoms with van der Waals surface area (Å²) < 4.78 is 0. The molecular weight excluding hydrogens is 272 g/mol. The van der Waals surface area contributed by atoms with Crippen molar-refractivity contribution in [3.05, 3.63) is 71.8 Å². The molecule has 2 rings (SSSR count). The quantitative estimate of drug-likeness (QED) is 0.591. The molecule has 0 heterocycles. The Balaban J connectivity index is 1.91. The Kier molecular flexibility index (Phi) is 5.08. The lowest BCUT2D eigenvalue weighted by molar-refractivity contribution is 0.0960. The maximum atomic E-state index is 12.0. The van der Waals surface area contributed by atoms with Gasteiger partial charge in [-0.3, -0.25) is 9.59 Å². The normalized spacial score (nSPS) is 10.5. The van der Waals surface area contributed by atoms with E-state index in [0.717, 1.165) is 0 Å². The van der Waals surface area contributed by atoms with Crippen LogP contribution >= 0.6 is 11.6 Å². The van der Waals surface area contributed by atoms with Gasteiger partial charge in [0.1, 0.15) is 0 Å². The summed E-state index contributed by atoms with van der Waals surface area (Å²) in [5, 5.41) is -0.476. The van der Waals surface area contributed by atoms with E-state index in [2.05, 4.69) is 0 Å². The molecule has 3 heteroatoms.